The maximum atomic E-state index is 13.2. The first-order valence-electron chi connectivity index (χ1n) is 9.70. The number of rotatable bonds is 4. The van der Waals surface area contributed by atoms with Gasteiger partial charge in [-0.1, -0.05) is 48.0 Å². The molecule has 7 heteroatoms. The number of imide groups is 2. The van der Waals surface area contributed by atoms with Crippen molar-refractivity contribution in [2.24, 2.45) is 0 Å². The van der Waals surface area contributed by atoms with Crippen molar-refractivity contribution < 1.29 is 19.1 Å². The van der Waals surface area contributed by atoms with Crippen LogP contribution in [0.1, 0.15) is 19.4 Å². The zero-order chi connectivity index (χ0) is 22.1. The lowest BCUT2D eigenvalue weighted by Crippen LogP contribution is -2.54. The van der Waals surface area contributed by atoms with E-state index in [1.165, 1.54) is 12.1 Å². The van der Waals surface area contributed by atoms with Crippen molar-refractivity contribution in [1.82, 2.24) is 5.32 Å². The number of urea groups is 1. The molecule has 1 saturated heterocycles. The number of nitrogens with zero attached hydrogens (tertiary/aromatic N) is 1. The summed E-state index contributed by atoms with van der Waals surface area (Å²) in [6, 6.07) is 16.8. The highest BCUT2D eigenvalue weighted by molar-refractivity contribution is 6.39. The van der Waals surface area contributed by atoms with Crippen LogP contribution >= 0.6 is 11.6 Å². The number of nitrogens with one attached hydrogen (secondary N) is 1. The van der Waals surface area contributed by atoms with Crippen LogP contribution in [0.2, 0.25) is 5.02 Å². The quantitative estimate of drug-likeness (QED) is 0.465. The van der Waals surface area contributed by atoms with Gasteiger partial charge in [-0.25, -0.2) is 9.69 Å². The van der Waals surface area contributed by atoms with Crippen LogP contribution in [0.15, 0.2) is 66.2 Å². The molecule has 31 heavy (non-hydrogen) atoms. The summed E-state index contributed by atoms with van der Waals surface area (Å²) in [5, 5.41) is 4.34. The first kappa shape index (κ1) is 20.6. The number of ether oxygens (including phenoxy) is 1. The monoisotopic (exact) mass is 434 g/mol. The number of hydrogen-bond acceptors (Lipinski definition) is 4. The minimum Gasteiger partial charge on any atom is -0.490 e. The van der Waals surface area contributed by atoms with E-state index in [-0.39, 0.29) is 17.4 Å². The van der Waals surface area contributed by atoms with Crippen molar-refractivity contribution in [2.45, 2.75) is 20.0 Å². The minimum atomic E-state index is -0.828. The van der Waals surface area contributed by atoms with Crippen molar-refractivity contribution in [3.05, 3.63) is 76.8 Å². The highest BCUT2D eigenvalue weighted by Crippen LogP contribution is 2.32. The molecule has 0 radical (unpaired) electrons. The number of hydrogen-bond donors (Lipinski definition) is 1. The van der Waals surface area contributed by atoms with Crippen LogP contribution in [-0.4, -0.2) is 23.9 Å². The number of amides is 4. The molecule has 4 amide bonds. The number of carbonyl (C=O) groups excluding carboxylic acids is 3. The van der Waals surface area contributed by atoms with E-state index in [0.29, 0.717) is 16.3 Å². The fraction of sp³-hybridized carbons (Fsp3) is 0.125. The van der Waals surface area contributed by atoms with Gasteiger partial charge < -0.3 is 4.74 Å². The molecule has 3 aromatic rings. The van der Waals surface area contributed by atoms with Gasteiger partial charge in [0.05, 0.1) is 11.8 Å². The number of carbonyl (C=O) groups is 3. The molecule has 0 aromatic heterocycles. The lowest BCUT2D eigenvalue weighted by Gasteiger charge is -2.26. The van der Waals surface area contributed by atoms with Crippen molar-refractivity contribution >= 4 is 52.0 Å². The van der Waals surface area contributed by atoms with Gasteiger partial charge in [-0.2, -0.15) is 0 Å². The smallest absolute Gasteiger partial charge is 0.335 e. The molecule has 0 atom stereocenters. The van der Waals surface area contributed by atoms with Gasteiger partial charge in [0.2, 0.25) is 0 Å². The van der Waals surface area contributed by atoms with Crippen molar-refractivity contribution in [1.29, 1.82) is 0 Å². The van der Waals surface area contributed by atoms with E-state index >= 15 is 0 Å². The van der Waals surface area contributed by atoms with Crippen LogP contribution in [0.25, 0.3) is 16.8 Å². The number of fused-ring (bicyclic) bond motifs is 1. The van der Waals surface area contributed by atoms with Gasteiger partial charge in [0.1, 0.15) is 11.3 Å². The summed E-state index contributed by atoms with van der Waals surface area (Å²) in [5.74, 6) is -0.968. The Hall–Kier alpha value is -3.64. The lowest BCUT2D eigenvalue weighted by atomic mass is 9.99. The number of benzene rings is 3. The third kappa shape index (κ3) is 4.02. The average molecular weight is 435 g/mol. The predicted octanol–water partition coefficient (Wildman–Crippen LogP) is 4.95. The third-order valence-electron chi connectivity index (χ3n) is 4.75. The van der Waals surface area contributed by atoms with E-state index < -0.39 is 17.8 Å². The van der Waals surface area contributed by atoms with Gasteiger partial charge in [0.25, 0.3) is 11.8 Å². The van der Waals surface area contributed by atoms with Gasteiger partial charge in [0.15, 0.2) is 0 Å². The summed E-state index contributed by atoms with van der Waals surface area (Å²) < 4.78 is 5.93. The van der Waals surface area contributed by atoms with Gasteiger partial charge in [0, 0.05) is 10.6 Å². The fourth-order valence-corrected chi connectivity index (χ4v) is 3.62. The van der Waals surface area contributed by atoms with E-state index in [1.807, 2.05) is 44.2 Å². The molecular weight excluding hydrogens is 416 g/mol. The molecule has 0 aliphatic carbocycles. The summed E-state index contributed by atoms with van der Waals surface area (Å²) in [6.45, 7) is 3.79. The molecule has 1 fully saturated rings. The molecule has 1 heterocycles. The van der Waals surface area contributed by atoms with Crippen LogP contribution in [0.3, 0.4) is 0 Å². The molecule has 0 saturated carbocycles. The maximum absolute atomic E-state index is 13.2. The summed E-state index contributed by atoms with van der Waals surface area (Å²) in [6.07, 6.45) is 1.36. The Balaban J connectivity index is 1.87. The van der Waals surface area contributed by atoms with E-state index in [9.17, 15) is 14.4 Å². The second-order valence-electron chi connectivity index (χ2n) is 7.30. The van der Waals surface area contributed by atoms with Gasteiger partial charge in [-0.15, -0.1) is 0 Å². The van der Waals surface area contributed by atoms with Crippen LogP contribution in [0.5, 0.6) is 5.75 Å². The van der Waals surface area contributed by atoms with Crippen LogP contribution in [-0.2, 0) is 9.59 Å². The zero-order valence-corrected chi connectivity index (χ0v) is 17.6. The predicted molar refractivity (Wildman–Crippen MR) is 120 cm³/mol. The molecule has 0 bridgehead atoms. The van der Waals surface area contributed by atoms with E-state index in [2.05, 4.69) is 5.32 Å². The minimum absolute atomic E-state index is 0.112. The SMILES string of the molecule is CC(C)Oc1ccc2ccccc2c1/C=C1\C(=O)NC(=O)N(c2cccc(Cl)c2)C1=O. The topological polar surface area (TPSA) is 75.7 Å². The number of barbiturate groups is 1. The summed E-state index contributed by atoms with van der Waals surface area (Å²) in [5.41, 5.74) is 0.681. The van der Waals surface area contributed by atoms with Crippen LogP contribution < -0.4 is 15.0 Å². The van der Waals surface area contributed by atoms with E-state index in [1.54, 1.807) is 24.3 Å². The standard InChI is InChI=1S/C24H19ClN2O4/c1-14(2)31-21-11-10-15-6-3-4-9-18(15)19(21)13-20-22(28)26-24(30)27(23(20)29)17-8-5-7-16(25)12-17/h3-14H,1-2H3,(H,26,28,30)/b20-13+. The highest BCUT2D eigenvalue weighted by atomic mass is 35.5. The third-order valence-corrected chi connectivity index (χ3v) is 4.99. The molecule has 4 rings (SSSR count). The normalized spacial score (nSPS) is 15.7. The number of anilines is 1. The summed E-state index contributed by atoms with van der Waals surface area (Å²) in [4.78, 5) is 39.2. The summed E-state index contributed by atoms with van der Waals surface area (Å²) in [7, 11) is 0. The Morgan fingerprint density at radius 1 is 1.00 bits per heavy atom. The van der Waals surface area contributed by atoms with Crippen molar-refractivity contribution in [2.75, 3.05) is 4.90 Å². The molecule has 0 spiro atoms. The first-order valence-corrected chi connectivity index (χ1v) is 10.1. The Bertz CT molecular complexity index is 1250. The van der Waals surface area contributed by atoms with Gasteiger partial charge >= 0.3 is 6.03 Å². The molecule has 1 N–H and O–H groups in total. The van der Waals surface area contributed by atoms with Crippen molar-refractivity contribution in [3.63, 3.8) is 0 Å². The molecule has 1 aliphatic heterocycles. The average Bonchev–Trinajstić information content (AvgIpc) is 2.71. The Morgan fingerprint density at radius 2 is 1.77 bits per heavy atom. The maximum Gasteiger partial charge on any atom is 0.335 e. The van der Waals surface area contributed by atoms with E-state index in [4.69, 9.17) is 16.3 Å². The van der Waals surface area contributed by atoms with Gasteiger partial charge in [-0.3, -0.25) is 14.9 Å². The molecular formula is C24H19ClN2O4. The number of halogens is 1. The Labute approximate surface area is 184 Å². The Morgan fingerprint density at radius 3 is 2.52 bits per heavy atom. The largest absolute Gasteiger partial charge is 0.490 e. The molecule has 156 valence electrons. The van der Waals surface area contributed by atoms with Crippen LogP contribution in [0.4, 0.5) is 10.5 Å². The second kappa shape index (κ2) is 8.24. The van der Waals surface area contributed by atoms with E-state index in [0.717, 1.165) is 15.7 Å². The Kier molecular flexibility index (Phi) is 5.48. The zero-order valence-electron chi connectivity index (χ0n) is 16.9. The second-order valence-corrected chi connectivity index (χ2v) is 7.74. The van der Waals surface area contributed by atoms with Gasteiger partial charge in [-0.05, 0) is 55.0 Å². The van der Waals surface area contributed by atoms with Crippen LogP contribution in [0, 0.1) is 0 Å². The fourth-order valence-electron chi connectivity index (χ4n) is 3.43. The molecule has 1 aliphatic rings. The lowest BCUT2D eigenvalue weighted by molar-refractivity contribution is -0.122. The first-order chi connectivity index (χ1) is 14.8. The highest BCUT2D eigenvalue weighted by Gasteiger charge is 2.37. The van der Waals surface area contributed by atoms with Crippen molar-refractivity contribution in [3.8, 4) is 5.75 Å². The molecule has 6 nitrogen and oxygen atoms in total. The molecule has 0 unspecified atom stereocenters. The molecule has 3 aromatic carbocycles. The summed E-state index contributed by atoms with van der Waals surface area (Å²) >= 11 is 6.02.